The maximum Gasteiger partial charge on any atom is 0.318 e. The van der Waals surface area contributed by atoms with Crippen molar-refractivity contribution in [2.75, 3.05) is 107 Å². The fourth-order valence-corrected chi connectivity index (χ4v) is 13.5. The third-order valence-corrected chi connectivity index (χ3v) is 17.3. The van der Waals surface area contributed by atoms with Crippen LogP contribution >= 0.6 is 23.4 Å². The Labute approximate surface area is 427 Å². The highest BCUT2D eigenvalue weighted by atomic mass is 35.5. The van der Waals surface area contributed by atoms with Crippen molar-refractivity contribution in [1.29, 1.82) is 5.26 Å². The number of benzene rings is 2. The number of nitriles is 1. The summed E-state index contributed by atoms with van der Waals surface area (Å²) in [6.07, 6.45) is 7.70. The summed E-state index contributed by atoms with van der Waals surface area (Å²) in [7, 11) is -3.51. The maximum atomic E-state index is 12.7. The number of hydrogen-bond donors (Lipinski definition) is 5. The molecule has 1 aromatic heterocycles. The lowest BCUT2D eigenvalue weighted by Gasteiger charge is -2.41. The normalized spacial score (nSPS) is 23.7. The molecule has 2 amide bonds. The molecule has 22 heteroatoms. The highest BCUT2D eigenvalue weighted by Crippen LogP contribution is 2.38. The Balaban J connectivity index is 0.738. The third-order valence-electron chi connectivity index (χ3n) is 14.1. The number of hydrogen-bond acceptors (Lipinski definition) is 17. The van der Waals surface area contributed by atoms with E-state index in [2.05, 4.69) is 60.2 Å². The van der Waals surface area contributed by atoms with Crippen molar-refractivity contribution in [3.8, 4) is 12.1 Å². The number of anilines is 2. The number of piperazine rings is 1. The standard InChI is InChI=1S/C49H70ClN11O8S2/c1-71(65,66)61-25-24-60(30-35(61)15-18-51)47-37-16-23-59(41-12-5-9-34-8-4-11-38(50)45(34)41)31-39(37)55-49(57-47)69-32-36-10-6-21-58(36)22-7-26-67-27-17-44(63)53-20-29-68-28-19-52-43(62)14-3-2-13-42-46-40(33-70-42)54-48(64)56-46/h4-5,8-9,11-12,35-36,40,42,46,48,54,56,64H,2-3,6-7,10,13-17,19-33H2,1H3,(H,52,62)(H,53,63)/t35-,36-,40-,42-,46-,48?/m0/s1. The van der Waals surface area contributed by atoms with E-state index in [0.29, 0.717) is 108 Å². The van der Waals surface area contributed by atoms with Crippen LogP contribution in [0.1, 0.15) is 69.0 Å². The number of unbranched alkanes of at least 4 members (excludes halogenated alkanes) is 1. The highest BCUT2D eigenvalue weighted by molar-refractivity contribution is 8.00. The summed E-state index contributed by atoms with van der Waals surface area (Å²) >= 11 is 8.70. The largest absolute Gasteiger partial charge is 0.462 e. The lowest BCUT2D eigenvalue weighted by molar-refractivity contribution is -0.122. The fraction of sp³-hybridized carbons (Fsp3) is 0.653. The predicted octanol–water partition coefficient (Wildman–Crippen LogP) is 2.98. The van der Waals surface area contributed by atoms with Gasteiger partial charge in [-0.3, -0.25) is 25.1 Å². The Bertz CT molecular complexity index is 2430. The summed E-state index contributed by atoms with van der Waals surface area (Å²) in [5.74, 6) is 1.65. The number of likely N-dealkylation sites (tertiary alicyclic amines) is 1. The SMILES string of the molecule is CS(=O)(=O)N1CCN(c2nc(OC[C@@H]3CCCN3CCCOCCC(=O)NCCOCCNC(=O)CCCC[C@@H]3SC[C@@H]4NC(O)N[C@@H]43)nc3c2CCN(c2cccc4cccc(Cl)c24)C3)C[C@@H]1CC#N. The molecule has 0 spiro atoms. The van der Waals surface area contributed by atoms with Gasteiger partial charge in [0.1, 0.15) is 12.4 Å². The minimum absolute atomic E-state index is 0.0166. The number of ether oxygens (including phenoxy) is 3. The number of thioether (sulfide) groups is 1. The summed E-state index contributed by atoms with van der Waals surface area (Å²) in [5, 5.41) is 34.7. The zero-order valence-corrected chi connectivity index (χ0v) is 43.1. The zero-order valence-electron chi connectivity index (χ0n) is 40.7. The Morgan fingerprint density at radius 2 is 1.73 bits per heavy atom. The summed E-state index contributed by atoms with van der Waals surface area (Å²) < 4.78 is 44.7. The highest BCUT2D eigenvalue weighted by Gasteiger charge is 2.42. The van der Waals surface area contributed by atoms with E-state index in [0.717, 1.165) is 90.9 Å². The van der Waals surface area contributed by atoms with Gasteiger partial charge in [0, 0.05) is 111 Å². The zero-order chi connectivity index (χ0) is 49.7. The summed E-state index contributed by atoms with van der Waals surface area (Å²) in [6, 6.07) is 14.9. The Morgan fingerprint density at radius 1 is 0.944 bits per heavy atom. The van der Waals surface area contributed by atoms with E-state index in [1.165, 1.54) is 10.6 Å². The van der Waals surface area contributed by atoms with Gasteiger partial charge in [-0.2, -0.15) is 31.3 Å². The van der Waals surface area contributed by atoms with Crippen LogP contribution in [0.15, 0.2) is 36.4 Å². The van der Waals surface area contributed by atoms with Crippen LogP contribution in [-0.4, -0.2) is 178 Å². The van der Waals surface area contributed by atoms with E-state index in [1.54, 1.807) is 0 Å². The Kier molecular flexibility index (Phi) is 19.3. The first kappa shape index (κ1) is 53.2. The number of amides is 2. The second-order valence-corrected chi connectivity index (χ2v) is 22.6. The number of aliphatic hydroxyl groups excluding tert-OH is 1. The second-order valence-electron chi connectivity index (χ2n) is 19.0. The molecule has 5 aliphatic rings. The van der Waals surface area contributed by atoms with Crippen LogP contribution in [0.4, 0.5) is 11.5 Å². The van der Waals surface area contributed by atoms with Gasteiger partial charge in [0.15, 0.2) is 6.35 Å². The first-order valence-corrected chi connectivity index (χ1v) is 28.5. The van der Waals surface area contributed by atoms with Gasteiger partial charge in [-0.05, 0) is 62.6 Å². The lowest BCUT2D eigenvalue weighted by atomic mass is 10.0. The summed E-state index contributed by atoms with van der Waals surface area (Å²) in [6.45, 7) is 6.81. The topological polar surface area (TPSA) is 227 Å². The summed E-state index contributed by atoms with van der Waals surface area (Å²) in [5.41, 5.74) is 2.88. The fourth-order valence-electron chi connectivity index (χ4n) is 10.6. The van der Waals surface area contributed by atoms with Gasteiger partial charge in [-0.1, -0.05) is 42.3 Å². The van der Waals surface area contributed by atoms with Crippen molar-refractivity contribution in [2.45, 2.75) is 107 Å². The number of halogens is 1. The van der Waals surface area contributed by atoms with Gasteiger partial charge in [0.2, 0.25) is 21.8 Å². The molecule has 2 aromatic carbocycles. The van der Waals surface area contributed by atoms with Gasteiger partial charge in [-0.25, -0.2) is 8.42 Å². The van der Waals surface area contributed by atoms with Crippen molar-refractivity contribution in [3.05, 3.63) is 52.7 Å². The van der Waals surface area contributed by atoms with Crippen molar-refractivity contribution < 1.29 is 37.3 Å². The van der Waals surface area contributed by atoms with Crippen molar-refractivity contribution in [1.82, 2.24) is 40.4 Å². The number of fused-ring (bicyclic) bond motifs is 3. The van der Waals surface area contributed by atoms with Crippen molar-refractivity contribution >= 4 is 67.5 Å². The molecular weight excluding hydrogens is 970 g/mol. The van der Waals surface area contributed by atoms with Crippen LogP contribution in [0, 0.1) is 11.3 Å². The predicted molar refractivity (Wildman–Crippen MR) is 275 cm³/mol. The number of aliphatic hydroxyl groups is 1. The van der Waals surface area contributed by atoms with Crippen molar-refractivity contribution in [2.24, 2.45) is 0 Å². The van der Waals surface area contributed by atoms with Gasteiger partial charge in [-0.15, -0.1) is 0 Å². The molecule has 5 aliphatic heterocycles. The molecule has 0 saturated carbocycles. The molecule has 6 heterocycles. The minimum atomic E-state index is -3.51. The molecule has 0 radical (unpaired) electrons. The van der Waals surface area contributed by atoms with Crippen LogP contribution in [-0.2, 0) is 42.1 Å². The second kappa shape index (κ2) is 25.7. The first-order valence-electron chi connectivity index (χ1n) is 25.2. The monoisotopic (exact) mass is 1040 g/mol. The molecule has 8 rings (SSSR count). The summed E-state index contributed by atoms with van der Waals surface area (Å²) in [4.78, 5) is 41.5. The third kappa shape index (κ3) is 14.4. The van der Waals surface area contributed by atoms with Crippen LogP contribution in [0.2, 0.25) is 5.02 Å². The molecule has 3 aromatic rings. The molecule has 0 aliphatic carbocycles. The van der Waals surface area contributed by atoms with Crippen molar-refractivity contribution in [3.63, 3.8) is 0 Å². The number of carbonyl (C=O) groups excluding carboxylic acids is 2. The van der Waals surface area contributed by atoms with E-state index in [-0.39, 0.29) is 43.3 Å². The van der Waals surface area contributed by atoms with Gasteiger partial charge >= 0.3 is 6.01 Å². The van der Waals surface area contributed by atoms with E-state index >= 15 is 0 Å². The number of aromatic nitrogens is 2. The molecule has 4 saturated heterocycles. The number of nitrogens with zero attached hydrogens (tertiary/aromatic N) is 7. The maximum absolute atomic E-state index is 12.7. The Hall–Kier alpha value is -4.08. The van der Waals surface area contributed by atoms with E-state index < -0.39 is 22.4 Å². The molecule has 19 nitrogen and oxygen atoms in total. The number of rotatable bonds is 25. The van der Waals surface area contributed by atoms with Crippen LogP contribution in [0.3, 0.4) is 0 Å². The van der Waals surface area contributed by atoms with Crippen LogP contribution in [0.5, 0.6) is 6.01 Å². The molecular formula is C49H70ClN11O8S2. The van der Waals surface area contributed by atoms with E-state index in [4.69, 9.17) is 35.8 Å². The number of nitrogens with one attached hydrogen (secondary N) is 4. The van der Waals surface area contributed by atoms with Gasteiger partial charge < -0.3 is 39.8 Å². The molecule has 1 unspecified atom stereocenters. The Morgan fingerprint density at radius 3 is 2.54 bits per heavy atom. The molecule has 4 fully saturated rings. The number of carbonyl (C=O) groups is 2. The van der Waals surface area contributed by atoms with E-state index in [1.807, 2.05) is 30.0 Å². The van der Waals surface area contributed by atoms with Crippen LogP contribution < -0.4 is 35.8 Å². The minimum Gasteiger partial charge on any atom is -0.462 e. The first-order chi connectivity index (χ1) is 34.4. The molecule has 5 N–H and O–H groups in total. The smallest absolute Gasteiger partial charge is 0.318 e. The lowest BCUT2D eigenvalue weighted by Crippen LogP contribution is -2.55. The van der Waals surface area contributed by atoms with Gasteiger partial charge in [0.05, 0.1) is 61.9 Å². The van der Waals surface area contributed by atoms with E-state index in [9.17, 15) is 28.4 Å². The molecule has 0 bridgehead atoms. The quantitative estimate of drug-likeness (QED) is 0.0769. The molecule has 388 valence electrons. The molecule has 6 atom stereocenters. The molecule has 71 heavy (non-hydrogen) atoms. The number of sulfonamides is 1. The van der Waals surface area contributed by atoms with Crippen LogP contribution in [0.25, 0.3) is 10.8 Å². The average molecular weight is 1040 g/mol. The average Bonchev–Trinajstić information content (AvgIpc) is 4.08. The van der Waals surface area contributed by atoms with Gasteiger partial charge in [0.25, 0.3) is 0 Å².